The summed E-state index contributed by atoms with van der Waals surface area (Å²) in [6, 6.07) is 15.8. The van der Waals surface area contributed by atoms with Crippen LogP contribution in [-0.2, 0) is 6.42 Å². The minimum Gasteiger partial charge on any atom is -0.368 e. The molecular formula is C20H16ClFN4S. The number of halogens is 2. The standard InChI is InChI=1S/C20H16ClFN4S/c1-27-20-25-18(14-4-6-15(21)7-5-14)17(12-23)19(26-20)24-11-10-13-2-8-16(22)9-3-13/h2-9H,10-11H2,1H3,(H,24,25,26). The first-order chi connectivity index (χ1) is 13.1. The van der Waals surface area contributed by atoms with E-state index >= 15 is 0 Å². The van der Waals surface area contributed by atoms with E-state index in [1.807, 2.05) is 18.4 Å². The van der Waals surface area contributed by atoms with Crippen LogP contribution in [0.15, 0.2) is 53.7 Å². The average Bonchev–Trinajstić information content (AvgIpc) is 2.69. The summed E-state index contributed by atoms with van der Waals surface area (Å²) in [7, 11) is 0. The summed E-state index contributed by atoms with van der Waals surface area (Å²) in [6.07, 6.45) is 2.56. The van der Waals surface area contributed by atoms with Crippen molar-refractivity contribution in [2.45, 2.75) is 11.6 Å². The van der Waals surface area contributed by atoms with Gasteiger partial charge in [-0.15, -0.1) is 0 Å². The van der Waals surface area contributed by atoms with Crippen molar-refractivity contribution in [2.75, 3.05) is 18.1 Å². The predicted octanol–water partition coefficient (Wildman–Crippen LogP) is 5.18. The quantitative estimate of drug-likeness (QED) is 0.457. The van der Waals surface area contributed by atoms with Gasteiger partial charge in [-0.25, -0.2) is 14.4 Å². The van der Waals surface area contributed by atoms with Gasteiger partial charge >= 0.3 is 0 Å². The molecule has 0 aliphatic heterocycles. The van der Waals surface area contributed by atoms with E-state index in [4.69, 9.17) is 11.6 Å². The SMILES string of the molecule is CSc1nc(NCCc2ccc(F)cc2)c(C#N)c(-c2ccc(Cl)cc2)n1. The van der Waals surface area contributed by atoms with Crippen LogP contribution in [0.5, 0.6) is 0 Å². The molecule has 0 bridgehead atoms. The molecule has 0 amide bonds. The van der Waals surface area contributed by atoms with Gasteiger partial charge in [0.05, 0.1) is 5.69 Å². The lowest BCUT2D eigenvalue weighted by atomic mass is 10.1. The maximum absolute atomic E-state index is 13.0. The van der Waals surface area contributed by atoms with Gasteiger partial charge in [-0.2, -0.15) is 5.26 Å². The number of nitriles is 1. The fourth-order valence-electron chi connectivity index (χ4n) is 2.56. The number of nitrogens with one attached hydrogen (secondary N) is 1. The number of thioether (sulfide) groups is 1. The molecule has 1 N–H and O–H groups in total. The van der Waals surface area contributed by atoms with Crippen LogP contribution in [0.4, 0.5) is 10.2 Å². The Bertz CT molecular complexity index is 969. The van der Waals surface area contributed by atoms with Gasteiger partial charge in [0, 0.05) is 17.1 Å². The Kier molecular flexibility index (Phi) is 6.28. The maximum atomic E-state index is 13.0. The lowest BCUT2D eigenvalue weighted by Gasteiger charge is -2.12. The summed E-state index contributed by atoms with van der Waals surface area (Å²) in [5.74, 6) is 0.232. The lowest BCUT2D eigenvalue weighted by molar-refractivity contribution is 0.627. The summed E-state index contributed by atoms with van der Waals surface area (Å²) < 4.78 is 13.0. The fraction of sp³-hybridized carbons (Fsp3) is 0.150. The van der Waals surface area contributed by atoms with Crippen molar-refractivity contribution in [3.05, 3.63) is 70.5 Å². The number of benzene rings is 2. The van der Waals surface area contributed by atoms with Crippen LogP contribution in [0.3, 0.4) is 0 Å². The number of hydrogen-bond acceptors (Lipinski definition) is 5. The Labute approximate surface area is 166 Å². The Morgan fingerprint density at radius 2 is 1.81 bits per heavy atom. The normalized spacial score (nSPS) is 10.4. The molecule has 4 nitrogen and oxygen atoms in total. The summed E-state index contributed by atoms with van der Waals surface area (Å²) >= 11 is 7.37. The van der Waals surface area contributed by atoms with E-state index in [-0.39, 0.29) is 5.82 Å². The maximum Gasteiger partial charge on any atom is 0.189 e. The number of hydrogen-bond donors (Lipinski definition) is 1. The minimum absolute atomic E-state index is 0.258. The van der Waals surface area contributed by atoms with E-state index in [1.54, 1.807) is 24.3 Å². The average molecular weight is 399 g/mol. The Balaban J connectivity index is 1.87. The topological polar surface area (TPSA) is 61.6 Å². The Morgan fingerprint density at radius 3 is 2.44 bits per heavy atom. The highest BCUT2D eigenvalue weighted by Gasteiger charge is 2.15. The Morgan fingerprint density at radius 1 is 1.11 bits per heavy atom. The second-order valence-corrected chi connectivity index (χ2v) is 6.91. The summed E-state index contributed by atoms with van der Waals surface area (Å²) in [4.78, 5) is 8.95. The molecule has 0 radical (unpaired) electrons. The largest absolute Gasteiger partial charge is 0.368 e. The van der Waals surface area contributed by atoms with E-state index in [2.05, 4.69) is 21.4 Å². The van der Waals surface area contributed by atoms with E-state index in [0.717, 1.165) is 11.1 Å². The highest BCUT2D eigenvalue weighted by Crippen LogP contribution is 2.29. The van der Waals surface area contributed by atoms with E-state index in [1.165, 1.54) is 23.9 Å². The van der Waals surface area contributed by atoms with Gasteiger partial charge in [-0.05, 0) is 42.5 Å². The van der Waals surface area contributed by atoms with Crippen molar-refractivity contribution in [2.24, 2.45) is 0 Å². The van der Waals surface area contributed by atoms with Crippen LogP contribution in [0.2, 0.25) is 5.02 Å². The molecule has 136 valence electrons. The van der Waals surface area contributed by atoms with Gasteiger partial charge in [0.25, 0.3) is 0 Å². The summed E-state index contributed by atoms with van der Waals surface area (Å²) in [5.41, 5.74) is 2.75. The summed E-state index contributed by atoms with van der Waals surface area (Å²) in [6.45, 7) is 0.561. The van der Waals surface area contributed by atoms with E-state index in [0.29, 0.717) is 40.2 Å². The van der Waals surface area contributed by atoms with Crippen molar-refractivity contribution in [3.63, 3.8) is 0 Å². The third kappa shape index (κ3) is 4.76. The zero-order valence-electron chi connectivity index (χ0n) is 14.5. The molecule has 1 heterocycles. The van der Waals surface area contributed by atoms with Crippen LogP contribution >= 0.6 is 23.4 Å². The van der Waals surface area contributed by atoms with Crippen molar-refractivity contribution in [3.8, 4) is 17.3 Å². The molecule has 7 heteroatoms. The van der Waals surface area contributed by atoms with Gasteiger partial charge in [-0.3, -0.25) is 0 Å². The first kappa shape index (κ1) is 19.2. The first-order valence-corrected chi connectivity index (χ1v) is 9.81. The van der Waals surface area contributed by atoms with Crippen molar-refractivity contribution in [1.82, 2.24) is 9.97 Å². The molecule has 0 aliphatic carbocycles. The third-order valence-electron chi connectivity index (χ3n) is 3.92. The Hall–Kier alpha value is -2.62. The third-order valence-corrected chi connectivity index (χ3v) is 4.72. The molecule has 0 saturated heterocycles. The van der Waals surface area contributed by atoms with Gasteiger partial charge in [0.15, 0.2) is 5.16 Å². The fourth-order valence-corrected chi connectivity index (χ4v) is 3.05. The minimum atomic E-state index is -0.258. The zero-order chi connectivity index (χ0) is 19.2. The van der Waals surface area contributed by atoms with Gasteiger partial charge in [-0.1, -0.05) is 47.6 Å². The van der Waals surface area contributed by atoms with Crippen molar-refractivity contribution in [1.29, 1.82) is 5.26 Å². The van der Waals surface area contributed by atoms with Gasteiger partial charge in [0.2, 0.25) is 0 Å². The first-order valence-electron chi connectivity index (χ1n) is 8.21. The number of anilines is 1. The zero-order valence-corrected chi connectivity index (χ0v) is 16.1. The molecule has 0 atom stereocenters. The molecule has 0 unspecified atom stereocenters. The molecule has 27 heavy (non-hydrogen) atoms. The van der Waals surface area contributed by atoms with Crippen LogP contribution in [0, 0.1) is 17.1 Å². The van der Waals surface area contributed by atoms with Crippen LogP contribution in [0.1, 0.15) is 11.1 Å². The van der Waals surface area contributed by atoms with Crippen molar-refractivity contribution >= 4 is 29.2 Å². The predicted molar refractivity (Wildman–Crippen MR) is 108 cm³/mol. The smallest absolute Gasteiger partial charge is 0.189 e. The van der Waals surface area contributed by atoms with Gasteiger partial charge in [0.1, 0.15) is 23.3 Å². The molecule has 2 aromatic carbocycles. The number of rotatable bonds is 6. The molecule has 0 saturated carbocycles. The van der Waals surface area contributed by atoms with Crippen LogP contribution in [0.25, 0.3) is 11.3 Å². The molecule has 3 rings (SSSR count). The number of nitrogens with zero attached hydrogens (tertiary/aromatic N) is 3. The van der Waals surface area contributed by atoms with Crippen LogP contribution in [-0.4, -0.2) is 22.8 Å². The lowest BCUT2D eigenvalue weighted by Crippen LogP contribution is -2.10. The molecule has 1 aromatic heterocycles. The number of aromatic nitrogens is 2. The van der Waals surface area contributed by atoms with E-state index < -0.39 is 0 Å². The second-order valence-electron chi connectivity index (χ2n) is 5.70. The van der Waals surface area contributed by atoms with Crippen molar-refractivity contribution < 1.29 is 4.39 Å². The van der Waals surface area contributed by atoms with Gasteiger partial charge < -0.3 is 5.32 Å². The molecular weight excluding hydrogens is 383 g/mol. The second kappa shape index (κ2) is 8.85. The highest BCUT2D eigenvalue weighted by atomic mass is 35.5. The molecule has 3 aromatic rings. The molecule has 0 fully saturated rings. The molecule has 0 aliphatic rings. The molecule has 0 spiro atoms. The highest BCUT2D eigenvalue weighted by molar-refractivity contribution is 7.98. The summed E-state index contributed by atoms with van der Waals surface area (Å²) in [5, 5.41) is 14.1. The van der Waals surface area contributed by atoms with Crippen LogP contribution < -0.4 is 5.32 Å². The van der Waals surface area contributed by atoms with E-state index in [9.17, 15) is 9.65 Å². The monoisotopic (exact) mass is 398 g/mol.